The van der Waals surface area contributed by atoms with Crippen molar-refractivity contribution < 1.29 is 30.8 Å². The number of carbonyl (C=O) groups excluding carboxylic acids is 1. The molecular weight excluding hydrogens is 458 g/mol. The minimum absolute atomic E-state index is 0.0148. The summed E-state index contributed by atoms with van der Waals surface area (Å²) in [5.41, 5.74) is -0.909. The van der Waals surface area contributed by atoms with Gasteiger partial charge in [-0.25, -0.2) is 12.8 Å². The van der Waals surface area contributed by atoms with Gasteiger partial charge in [0.25, 0.3) is 5.91 Å². The summed E-state index contributed by atoms with van der Waals surface area (Å²) < 4.78 is 77.7. The van der Waals surface area contributed by atoms with Crippen molar-refractivity contribution in [3.8, 4) is 0 Å². The van der Waals surface area contributed by atoms with Crippen LogP contribution < -0.4 is 5.32 Å². The summed E-state index contributed by atoms with van der Waals surface area (Å²) in [6.07, 6.45) is -3.07. The highest BCUT2D eigenvalue weighted by Crippen LogP contribution is 2.35. The molecule has 10 heteroatoms. The molecule has 31 heavy (non-hydrogen) atoms. The summed E-state index contributed by atoms with van der Waals surface area (Å²) >= 11 is 5.75. The predicted octanol–water partition coefficient (Wildman–Crippen LogP) is 5.26. The van der Waals surface area contributed by atoms with Gasteiger partial charge in [0.15, 0.2) is 9.84 Å². The van der Waals surface area contributed by atoms with E-state index in [1.807, 2.05) is 0 Å². The zero-order chi connectivity index (χ0) is 22.8. The third kappa shape index (κ3) is 5.77. The highest BCUT2D eigenvalue weighted by molar-refractivity contribution is 7.92. The van der Waals surface area contributed by atoms with Crippen LogP contribution in [-0.2, 0) is 16.0 Å². The number of carbonyl (C=O) groups is 1. The predicted molar refractivity (Wildman–Crippen MR) is 108 cm³/mol. The van der Waals surface area contributed by atoms with E-state index < -0.39 is 38.6 Å². The largest absolute Gasteiger partial charge is 0.416 e. The number of alkyl halides is 3. The van der Waals surface area contributed by atoms with Crippen molar-refractivity contribution in [3.63, 3.8) is 0 Å². The molecule has 0 atom stereocenters. The topological polar surface area (TPSA) is 63.2 Å². The van der Waals surface area contributed by atoms with E-state index in [9.17, 15) is 30.8 Å². The molecule has 0 heterocycles. The molecule has 4 nitrogen and oxygen atoms in total. The summed E-state index contributed by atoms with van der Waals surface area (Å²) in [4.78, 5) is 11.9. The van der Waals surface area contributed by atoms with Crippen molar-refractivity contribution in [3.05, 3.63) is 64.4 Å². The molecule has 1 aliphatic carbocycles. The van der Waals surface area contributed by atoms with Crippen LogP contribution in [0.25, 0.3) is 0 Å². The fourth-order valence-electron chi connectivity index (χ4n) is 3.71. The maximum atomic E-state index is 13.4. The molecule has 0 unspecified atom stereocenters. The van der Waals surface area contributed by atoms with Crippen molar-refractivity contribution in [2.75, 3.05) is 6.54 Å². The molecule has 3 rings (SSSR count). The fourth-order valence-corrected chi connectivity index (χ4v) is 5.77. The van der Waals surface area contributed by atoms with Gasteiger partial charge in [-0.1, -0.05) is 17.7 Å². The van der Waals surface area contributed by atoms with E-state index in [2.05, 4.69) is 5.32 Å². The Morgan fingerprint density at radius 3 is 2.35 bits per heavy atom. The first-order chi connectivity index (χ1) is 14.5. The van der Waals surface area contributed by atoms with Gasteiger partial charge in [-0.15, -0.1) is 0 Å². The molecule has 0 aliphatic heterocycles. The lowest BCUT2D eigenvalue weighted by Crippen LogP contribution is -2.34. The summed E-state index contributed by atoms with van der Waals surface area (Å²) in [7, 11) is -3.90. The van der Waals surface area contributed by atoms with Crippen LogP contribution in [0.15, 0.2) is 47.4 Å². The molecule has 0 aromatic heterocycles. The maximum absolute atomic E-state index is 13.4. The number of rotatable bonds is 5. The van der Waals surface area contributed by atoms with Gasteiger partial charge in [0.05, 0.1) is 15.7 Å². The summed E-state index contributed by atoms with van der Waals surface area (Å²) in [5.74, 6) is -1.10. The molecule has 1 fully saturated rings. The van der Waals surface area contributed by atoms with Gasteiger partial charge in [0.2, 0.25) is 0 Å². The van der Waals surface area contributed by atoms with E-state index >= 15 is 0 Å². The third-order valence-corrected chi connectivity index (χ3v) is 7.88. The number of benzene rings is 2. The van der Waals surface area contributed by atoms with Crippen LogP contribution in [-0.4, -0.2) is 26.1 Å². The summed E-state index contributed by atoms with van der Waals surface area (Å²) in [6, 6.07) is 7.29. The molecule has 168 valence electrons. The standard InChI is InChI=1S/C21H20ClF4NO3S/c22-16-8-14(9-17(23)11-16)20(28)27-12-13-4-6-18(7-5-13)31(29,30)19-3-1-2-15(10-19)21(24,25)26/h1-3,8-11,13,18H,4-7,12H2,(H,27,28)/t13-,18-. The Morgan fingerprint density at radius 1 is 1.06 bits per heavy atom. The zero-order valence-electron chi connectivity index (χ0n) is 16.3. The van der Waals surface area contributed by atoms with Gasteiger partial charge in [-0.3, -0.25) is 4.79 Å². The third-order valence-electron chi connectivity index (χ3n) is 5.40. The van der Waals surface area contributed by atoms with Crippen molar-refractivity contribution in [2.24, 2.45) is 5.92 Å². The second kappa shape index (κ2) is 9.16. The normalized spacial score (nSPS) is 19.8. The lowest BCUT2D eigenvalue weighted by molar-refractivity contribution is -0.137. The van der Waals surface area contributed by atoms with Gasteiger partial charge in [0, 0.05) is 17.1 Å². The molecule has 0 bridgehead atoms. The Morgan fingerprint density at radius 2 is 1.74 bits per heavy atom. The first-order valence-corrected chi connectivity index (χ1v) is 11.5. The van der Waals surface area contributed by atoms with Gasteiger partial charge >= 0.3 is 6.18 Å². The molecule has 1 saturated carbocycles. The first kappa shape index (κ1) is 23.5. The number of sulfone groups is 1. The zero-order valence-corrected chi connectivity index (χ0v) is 17.8. The summed E-state index contributed by atoms with van der Waals surface area (Å²) in [5, 5.41) is 2.02. The number of halogens is 5. The monoisotopic (exact) mass is 477 g/mol. The Kier molecular flexibility index (Phi) is 6.95. The Labute approximate surface area is 182 Å². The lowest BCUT2D eigenvalue weighted by atomic mass is 9.89. The molecule has 2 aromatic carbocycles. The second-order valence-corrected chi connectivity index (χ2v) is 10.2. The van der Waals surface area contributed by atoms with Crippen LogP contribution in [0.4, 0.5) is 17.6 Å². The molecule has 0 radical (unpaired) electrons. The van der Waals surface area contributed by atoms with E-state index in [-0.39, 0.29) is 40.8 Å². The van der Waals surface area contributed by atoms with Gasteiger partial charge in [-0.2, -0.15) is 13.2 Å². The number of hydrogen-bond acceptors (Lipinski definition) is 3. The molecule has 1 N–H and O–H groups in total. The molecule has 0 spiro atoms. The van der Waals surface area contributed by atoms with Crippen molar-refractivity contribution in [1.82, 2.24) is 5.32 Å². The highest BCUT2D eigenvalue weighted by Gasteiger charge is 2.35. The van der Waals surface area contributed by atoms with Gasteiger partial charge < -0.3 is 5.32 Å². The van der Waals surface area contributed by atoms with Crippen molar-refractivity contribution >= 4 is 27.3 Å². The molecule has 1 aliphatic rings. The Bertz CT molecular complexity index is 1040. The minimum Gasteiger partial charge on any atom is -0.352 e. The van der Waals surface area contributed by atoms with Gasteiger partial charge in [0.1, 0.15) is 5.82 Å². The number of amides is 1. The smallest absolute Gasteiger partial charge is 0.352 e. The number of nitrogens with one attached hydrogen (secondary N) is 1. The average Bonchev–Trinajstić information content (AvgIpc) is 2.71. The number of hydrogen-bond donors (Lipinski definition) is 1. The maximum Gasteiger partial charge on any atom is 0.416 e. The second-order valence-electron chi connectivity index (χ2n) is 7.58. The highest BCUT2D eigenvalue weighted by atomic mass is 35.5. The van der Waals surface area contributed by atoms with Crippen LogP contribution in [0.1, 0.15) is 41.6 Å². The van der Waals surface area contributed by atoms with Gasteiger partial charge in [-0.05, 0) is 68.0 Å². The lowest BCUT2D eigenvalue weighted by Gasteiger charge is -2.28. The van der Waals surface area contributed by atoms with Crippen molar-refractivity contribution in [1.29, 1.82) is 0 Å². The van der Waals surface area contributed by atoms with Crippen LogP contribution in [0.5, 0.6) is 0 Å². The molecule has 0 saturated heterocycles. The van der Waals surface area contributed by atoms with Crippen LogP contribution >= 0.6 is 11.6 Å². The van der Waals surface area contributed by atoms with Crippen molar-refractivity contribution in [2.45, 2.75) is 42.0 Å². The van der Waals surface area contributed by atoms with Crippen LogP contribution in [0.3, 0.4) is 0 Å². The van der Waals surface area contributed by atoms with E-state index in [1.165, 1.54) is 12.1 Å². The quantitative estimate of drug-likeness (QED) is 0.597. The molecule has 2 aromatic rings. The van der Waals surface area contributed by atoms with Crippen LogP contribution in [0, 0.1) is 11.7 Å². The van der Waals surface area contributed by atoms with E-state index in [1.54, 1.807) is 0 Å². The molecular formula is C21H20ClF4NO3S. The average molecular weight is 478 g/mol. The Balaban J connectivity index is 1.58. The SMILES string of the molecule is O=C(NC[C@H]1CC[C@H](S(=O)(=O)c2cccc(C(F)(F)F)c2)CC1)c1cc(F)cc(Cl)c1. The minimum atomic E-state index is -4.62. The first-order valence-electron chi connectivity index (χ1n) is 9.62. The Hall–Kier alpha value is -2.13. The fraction of sp³-hybridized carbons (Fsp3) is 0.381. The van der Waals surface area contributed by atoms with Crippen LogP contribution in [0.2, 0.25) is 5.02 Å². The van der Waals surface area contributed by atoms with E-state index in [0.29, 0.717) is 18.9 Å². The van der Waals surface area contributed by atoms with E-state index in [0.717, 1.165) is 24.3 Å². The summed E-state index contributed by atoms with van der Waals surface area (Å²) in [6.45, 7) is 0.281. The molecule has 1 amide bonds. The van der Waals surface area contributed by atoms with E-state index in [4.69, 9.17) is 11.6 Å².